The van der Waals surface area contributed by atoms with Gasteiger partial charge in [-0.1, -0.05) is 12.1 Å². The lowest BCUT2D eigenvalue weighted by atomic mass is 10.1. The van der Waals surface area contributed by atoms with E-state index in [0.29, 0.717) is 25.1 Å². The highest BCUT2D eigenvalue weighted by Crippen LogP contribution is 2.02. The number of carbonyl (C=O) groups excluding carboxylic acids is 1. The standard InChI is InChI=1S/C11H13N3O/c12-7-9-1-3-10(4-2-9)8-14-6-5-11(13)15/h1-4,14H,5-6,8H2,(H2,13,15). The number of hydrogen-bond acceptors (Lipinski definition) is 3. The zero-order chi connectivity index (χ0) is 11.1. The van der Waals surface area contributed by atoms with Crippen molar-refractivity contribution in [2.24, 2.45) is 5.73 Å². The first-order chi connectivity index (χ1) is 7.22. The van der Waals surface area contributed by atoms with Gasteiger partial charge < -0.3 is 11.1 Å². The Balaban J connectivity index is 2.32. The second-order valence-corrected chi connectivity index (χ2v) is 3.20. The first kappa shape index (κ1) is 11.2. The Labute approximate surface area is 88.7 Å². The fraction of sp³-hybridized carbons (Fsp3) is 0.273. The van der Waals surface area contributed by atoms with E-state index in [1.54, 1.807) is 12.1 Å². The Hall–Kier alpha value is -1.86. The van der Waals surface area contributed by atoms with Crippen molar-refractivity contribution in [3.63, 3.8) is 0 Å². The molecule has 1 aromatic rings. The number of nitriles is 1. The molecule has 3 N–H and O–H groups in total. The van der Waals surface area contributed by atoms with E-state index in [2.05, 4.69) is 11.4 Å². The topological polar surface area (TPSA) is 78.9 Å². The summed E-state index contributed by atoms with van der Waals surface area (Å²) >= 11 is 0. The zero-order valence-electron chi connectivity index (χ0n) is 8.36. The summed E-state index contributed by atoms with van der Waals surface area (Å²) in [6.45, 7) is 1.26. The van der Waals surface area contributed by atoms with E-state index < -0.39 is 0 Å². The molecule has 15 heavy (non-hydrogen) atoms. The van der Waals surface area contributed by atoms with Crippen LogP contribution in [0.5, 0.6) is 0 Å². The number of benzene rings is 1. The monoisotopic (exact) mass is 203 g/mol. The van der Waals surface area contributed by atoms with Gasteiger partial charge in [0.1, 0.15) is 0 Å². The molecule has 1 rings (SSSR count). The molecular formula is C11H13N3O. The highest BCUT2D eigenvalue weighted by atomic mass is 16.1. The van der Waals surface area contributed by atoms with Gasteiger partial charge in [0.15, 0.2) is 0 Å². The van der Waals surface area contributed by atoms with Crippen LogP contribution in [0.25, 0.3) is 0 Å². The Morgan fingerprint density at radius 2 is 2.07 bits per heavy atom. The Morgan fingerprint density at radius 3 is 2.60 bits per heavy atom. The second-order valence-electron chi connectivity index (χ2n) is 3.20. The number of nitrogens with one attached hydrogen (secondary N) is 1. The highest BCUT2D eigenvalue weighted by molar-refractivity contribution is 5.73. The SMILES string of the molecule is N#Cc1ccc(CNCCC(N)=O)cc1. The number of hydrogen-bond donors (Lipinski definition) is 2. The van der Waals surface area contributed by atoms with Crippen LogP contribution in [-0.2, 0) is 11.3 Å². The molecule has 0 aliphatic carbocycles. The van der Waals surface area contributed by atoms with E-state index in [0.717, 1.165) is 5.56 Å². The van der Waals surface area contributed by atoms with Crippen LogP contribution in [-0.4, -0.2) is 12.5 Å². The summed E-state index contributed by atoms with van der Waals surface area (Å²) in [5, 5.41) is 11.7. The predicted octanol–water partition coefficient (Wildman–Crippen LogP) is 0.523. The van der Waals surface area contributed by atoms with Gasteiger partial charge in [0, 0.05) is 19.5 Å². The minimum absolute atomic E-state index is 0.303. The van der Waals surface area contributed by atoms with Crippen LogP contribution >= 0.6 is 0 Å². The smallest absolute Gasteiger partial charge is 0.218 e. The molecule has 0 saturated heterocycles. The Morgan fingerprint density at radius 1 is 1.40 bits per heavy atom. The van der Waals surface area contributed by atoms with Crippen LogP contribution in [0.4, 0.5) is 0 Å². The maximum Gasteiger partial charge on any atom is 0.218 e. The van der Waals surface area contributed by atoms with Gasteiger partial charge in [-0.25, -0.2) is 0 Å². The average Bonchev–Trinajstić information content (AvgIpc) is 2.25. The van der Waals surface area contributed by atoms with Gasteiger partial charge in [-0.3, -0.25) is 4.79 Å². The van der Waals surface area contributed by atoms with Crippen LogP contribution in [0, 0.1) is 11.3 Å². The van der Waals surface area contributed by atoms with Crippen LogP contribution < -0.4 is 11.1 Å². The molecule has 0 heterocycles. The molecule has 0 aliphatic rings. The lowest BCUT2D eigenvalue weighted by molar-refractivity contribution is -0.117. The summed E-state index contributed by atoms with van der Waals surface area (Å²) < 4.78 is 0. The van der Waals surface area contributed by atoms with E-state index in [9.17, 15) is 4.79 Å². The molecule has 0 fully saturated rings. The van der Waals surface area contributed by atoms with Crippen LogP contribution in [0.1, 0.15) is 17.5 Å². The third-order valence-corrected chi connectivity index (χ3v) is 1.96. The van der Waals surface area contributed by atoms with Gasteiger partial charge in [0.2, 0.25) is 5.91 Å². The third kappa shape index (κ3) is 4.25. The summed E-state index contributed by atoms with van der Waals surface area (Å²) in [4.78, 5) is 10.4. The molecule has 1 aromatic carbocycles. The summed E-state index contributed by atoms with van der Waals surface area (Å²) in [5.74, 6) is -0.303. The average molecular weight is 203 g/mol. The number of carbonyl (C=O) groups is 1. The molecule has 4 heteroatoms. The van der Waals surface area contributed by atoms with E-state index in [1.165, 1.54) is 0 Å². The third-order valence-electron chi connectivity index (χ3n) is 1.96. The van der Waals surface area contributed by atoms with Crippen molar-refractivity contribution in [2.45, 2.75) is 13.0 Å². The van der Waals surface area contributed by atoms with Gasteiger partial charge in [0.05, 0.1) is 11.6 Å². The lowest BCUT2D eigenvalue weighted by Gasteiger charge is -2.03. The van der Waals surface area contributed by atoms with Gasteiger partial charge in [0.25, 0.3) is 0 Å². The Kier molecular flexibility index (Phi) is 4.32. The molecule has 4 nitrogen and oxygen atoms in total. The van der Waals surface area contributed by atoms with Crippen molar-refractivity contribution >= 4 is 5.91 Å². The molecule has 0 spiro atoms. The molecule has 1 amide bonds. The second kappa shape index (κ2) is 5.78. The molecule has 0 saturated carbocycles. The number of rotatable bonds is 5. The van der Waals surface area contributed by atoms with E-state index >= 15 is 0 Å². The summed E-state index contributed by atoms with van der Waals surface area (Å²) in [7, 11) is 0. The molecular weight excluding hydrogens is 190 g/mol. The van der Waals surface area contributed by atoms with Crippen LogP contribution in [0.2, 0.25) is 0 Å². The summed E-state index contributed by atoms with van der Waals surface area (Å²) in [6.07, 6.45) is 0.344. The molecule has 0 aliphatic heterocycles. The maximum atomic E-state index is 10.4. The predicted molar refractivity (Wildman–Crippen MR) is 56.7 cm³/mol. The largest absolute Gasteiger partial charge is 0.370 e. The summed E-state index contributed by atoms with van der Waals surface area (Å²) in [5.41, 5.74) is 6.73. The first-order valence-corrected chi connectivity index (χ1v) is 4.70. The molecule has 0 unspecified atom stereocenters. The van der Waals surface area contributed by atoms with Crippen molar-refractivity contribution in [1.82, 2.24) is 5.32 Å². The van der Waals surface area contributed by atoms with Gasteiger partial charge >= 0.3 is 0 Å². The van der Waals surface area contributed by atoms with Crippen molar-refractivity contribution in [3.05, 3.63) is 35.4 Å². The number of nitrogens with two attached hydrogens (primary N) is 1. The number of amides is 1. The van der Waals surface area contributed by atoms with E-state index in [4.69, 9.17) is 11.0 Å². The molecule has 0 aromatic heterocycles. The van der Waals surface area contributed by atoms with Crippen molar-refractivity contribution in [3.8, 4) is 6.07 Å². The quantitative estimate of drug-likeness (QED) is 0.685. The minimum atomic E-state index is -0.303. The number of primary amides is 1. The van der Waals surface area contributed by atoms with Crippen molar-refractivity contribution in [1.29, 1.82) is 5.26 Å². The summed E-state index contributed by atoms with van der Waals surface area (Å²) in [6, 6.07) is 9.36. The van der Waals surface area contributed by atoms with Gasteiger partial charge in [-0.2, -0.15) is 5.26 Å². The van der Waals surface area contributed by atoms with Crippen molar-refractivity contribution < 1.29 is 4.79 Å². The molecule has 0 radical (unpaired) electrons. The van der Waals surface area contributed by atoms with E-state index in [-0.39, 0.29) is 5.91 Å². The Bertz CT molecular complexity index is 364. The normalized spacial score (nSPS) is 9.53. The molecule has 0 bridgehead atoms. The number of nitrogens with zero attached hydrogens (tertiary/aromatic N) is 1. The van der Waals surface area contributed by atoms with Crippen molar-refractivity contribution in [2.75, 3.05) is 6.54 Å². The van der Waals surface area contributed by atoms with Gasteiger partial charge in [-0.05, 0) is 17.7 Å². The highest BCUT2D eigenvalue weighted by Gasteiger charge is 1.95. The van der Waals surface area contributed by atoms with Crippen LogP contribution in [0.3, 0.4) is 0 Å². The zero-order valence-corrected chi connectivity index (χ0v) is 8.36. The molecule has 0 atom stereocenters. The van der Waals surface area contributed by atoms with Gasteiger partial charge in [-0.15, -0.1) is 0 Å². The first-order valence-electron chi connectivity index (χ1n) is 4.70. The fourth-order valence-corrected chi connectivity index (χ4v) is 1.14. The maximum absolute atomic E-state index is 10.4. The molecule has 78 valence electrons. The minimum Gasteiger partial charge on any atom is -0.370 e. The van der Waals surface area contributed by atoms with Crippen LogP contribution in [0.15, 0.2) is 24.3 Å². The van der Waals surface area contributed by atoms with E-state index in [1.807, 2.05) is 12.1 Å². The fourth-order valence-electron chi connectivity index (χ4n) is 1.14. The lowest BCUT2D eigenvalue weighted by Crippen LogP contribution is -2.21.